The highest BCUT2D eigenvalue weighted by atomic mass is 15.3. The average Bonchev–Trinajstić information content (AvgIpc) is 2.51. The lowest BCUT2D eigenvalue weighted by atomic mass is 10.0. The Bertz CT molecular complexity index is 308. The van der Waals surface area contributed by atoms with E-state index in [2.05, 4.69) is 53.2 Å². The average molecular weight is 312 g/mol. The molecule has 0 bridgehead atoms. The van der Waals surface area contributed by atoms with Crippen LogP contribution in [0.2, 0.25) is 0 Å². The second-order valence-electron chi connectivity index (χ2n) is 6.74. The zero-order chi connectivity index (χ0) is 16.4. The number of nitrogens with zero attached hydrogens (tertiary/aromatic N) is 3. The topological polar surface area (TPSA) is 42.9 Å². The normalized spacial score (nSPS) is 19.5. The minimum atomic E-state index is 0.572. The van der Waals surface area contributed by atoms with Gasteiger partial charge in [0.2, 0.25) is 0 Å². The van der Waals surface area contributed by atoms with Gasteiger partial charge < -0.3 is 15.5 Å². The van der Waals surface area contributed by atoms with E-state index in [1.54, 1.807) is 0 Å². The zero-order valence-corrected chi connectivity index (χ0v) is 15.4. The van der Waals surface area contributed by atoms with Gasteiger partial charge in [-0.2, -0.15) is 0 Å². The molecule has 0 aromatic heterocycles. The third kappa shape index (κ3) is 6.97. The molecule has 130 valence electrons. The highest BCUT2D eigenvalue weighted by molar-refractivity contribution is 5.79. The summed E-state index contributed by atoms with van der Waals surface area (Å²) >= 11 is 0. The number of rotatable bonds is 8. The molecule has 1 fully saturated rings. The molecule has 1 saturated heterocycles. The molecule has 1 rings (SSSR count). The number of aliphatic imine (C=N–C) groups is 1. The molecule has 0 aromatic rings. The molecule has 1 aliphatic heterocycles. The lowest BCUT2D eigenvalue weighted by Gasteiger charge is -2.40. The summed E-state index contributed by atoms with van der Waals surface area (Å²) in [7, 11) is 4.07. The van der Waals surface area contributed by atoms with Gasteiger partial charge in [-0.25, -0.2) is 0 Å². The first-order valence-corrected chi connectivity index (χ1v) is 8.95. The lowest BCUT2D eigenvalue weighted by molar-refractivity contribution is 0.0900. The highest BCUT2D eigenvalue weighted by Crippen LogP contribution is 2.12. The fraction of sp³-hybridized carbons (Fsp3) is 0.941. The van der Waals surface area contributed by atoms with Crippen LogP contribution in [-0.2, 0) is 0 Å². The highest BCUT2D eigenvalue weighted by Gasteiger charge is 2.24. The Hall–Kier alpha value is -0.810. The quantitative estimate of drug-likeness (QED) is 0.406. The van der Waals surface area contributed by atoms with E-state index in [-0.39, 0.29) is 0 Å². The van der Waals surface area contributed by atoms with Gasteiger partial charge in [0.05, 0.1) is 0 Å². The van der Waals surface area contributed by atoms with Gasteiger partial charge in [0, 0.05) is 52.4 Å². The van der Waals surface area contributed by atoms with Crippen LogP contribution in [0.1, 0.15) is 40.0 Å². The van der Waals surface area contributed by atoms with Crippen LogP contribution in [0, 0.1) is 5.92 Å². The monoisotopic (exact) mass is 311 g/mol. The molecule has 0 amide bonds. The van der Waals surface area contributed by atoms with E-state index >= 15 is 0 Å². The van der Waals surface area contributed by atoms with Gasteiger partial charge in [-0.15, -0.1) is 0 Å². The number of hydrogen-bond acceptors (Lipinski definition) is 3. The van der Waals surface area contributed by atoms with Crippen LogP contribution in [-0.4, -0.2) is 75.2 Å². The van der Waals surface area contributed by atoms with Gasteiger partial charge in [0.25, 0.3) is 0 Å². The van der Waals surface area contributed by atoms with Crippen LogP contribution in [0.15, 0.2) is 4.99 Å². The molecular formula is C17H37N5. The molecule has 0 aliphatic carbocycles. The van der Waals surface area contributed by atoms with Gasteiger partial charge in [0.15, 0.2) is 5.96 Å². The van der Waals surface area contributed by atoms with Gasteiger partial charge in [-0.3, -0.25) is 9.89 Å². The maximum Gasteiger partial charge on any atom is 0.191 e. The summed E-state index contributed by atoms with van der Waals surface area (Å²) < 4.78 is 0. The molecule has 0 spiro atoms. The minimum absolute atomic E-state index is 0.572. The summed E-state index contributed by atoms with van der Waals surface area (Å²) in [5.41, 5.74) is 0. The van der Waals surface area contributed by atoms with E-state index < -0.39 is 0 Å². The number of guanidine groups is 1. The van der Waals surface area contributed by atoms with E-state index in [4.69, 9.17) is 0 Å². The molecule has 1 atom stereocenters. The van der Waals surface area contributed by atoms with E-state index in [0.29, 0.717) is 12.0 Å². The van der Waals surface area contributed by atoms with Crippen molar-refractivity contribution >= 4 is 5.96 Å². The summed E-state index contributed by atoms with van der Waals surface area (Å²) in [6, 6.07) is 0.572. The zero-order valence-electron chi connectivity index (χ0n) is 15.4. The van der Waals surface area contributed by atoms with Crippen molar-refractivity contribution in [1.29, 1.82) is 0 Å². The number of nitrogens with one attached hydrogen (secondary N) is 2. The smallest absolute Gasteiger partial charge is 0.191 e. The van der Waals surface area contributed by atoms with Crippen molar-refractivity contribution in [1.82, 2.24) is 20.4 Å². The molecule has 1 unspecified atom stereocenters. The Morgan fingerprint density at radius 2 is 1.77 bits per heavy atom. The predicted octanol–water partition coefficient (Wildman–Crippen LogP) is 1.61. The Kier molecular flexibility index (Phi) is 9.48. The van der Waals surface area contributed by atoms with Crippen molar-refractivity contribution in [2.24, 2.45) is 10.9 Å². The fourth-order valence-corrected chi connectivity index (χ4v) is 2.94. The summed E-state index contributed by atoms with van der Waals surface area (Å²) in [6.45, 7) is 13.5. The Morgan fingerprint density at radius 1 is 1.09 bits per heavy atom. The van der Waals surface area contributed by atoms with Crippen LogP contribution in [0.25, 0.3) is 0 Å². The number of likely N-dealkylation sites (N-methyl/N-ethyl adjacent to an activating group) is 1. The summed E-state index contributed by atoms with van der Waals surface area (Å²) in [5.74, 6) is 1.59. The molecule has 1 aliphatic rings. The van der Waals surface area contributed by atoms with E-state index in [1.165, 1.54) is 45.4 Å². The first kappa shape index (κ1) is 19.2. The molecule has 0 aromatic carbocycles. The first-order valence-electron chi connectivity index (χ1n) is 8.95. The van der Waals surface area contributed by atoms with Crippen molar-refractivity contribution in [2.75, 3.05) is 53.4 Å². The minimum Gasteiger partial charge on any atom is -0.356 e. The van der Waals surface area contributed by atoms with Crippen molar-refractivity contribution in [3.63, 3.8) is 0 Å². The third-order valence-electron chi connectivity index (χ3n) is 4.55. The molecule has 5 nitrogen and oxygen atoms in total. The number of hydrogen-bond donors (Lipinski definition) is 2. The fourth-order valence-electron chi connectivity index (χ4n) is 2.94. The molecular weight excluding hydrogens is 274 g/mol. The maximum atomic E-state index is 4.34. The largest absolute Gasteiger partial charge is 0.356 e. The van der Waals surface area contributed by atoms with Gasteiger partial charge in [-0.1, -0.05) is 33.6 Å². The van der Waals surface area contributed by atoms with Gasteiger partial charge in [-0.05, 0) is 19.4 Å². The Labute approximate surface area is 137 Å². The lowest BCUT2D eigenvalue weighted by Crippen LogP contribution is -2.55. The van der Waals surface area contributed by atoms with E-state index in [1.807, 2.05) is 7.05 Å². The van der Waals surface area contributed by atoms with Crippen LogP contribution in [0.4, 0.5) is 0 Å². The van der Waals surface area contributed by atoms with Crippen molar-refractivity contribution in [2.45, 2.75) is 46.1 Å². The third-order valence-corrected chi connectivity index (χ3v) is 4.55. The first-order chi connectivity index (χ1) is 10.6. The molecule has 22 heavy (non-hydrogen) atoms. The number of unbranched alkanes of at least 4 members (excludes halogenated alkanes) is 2. The summed E-state index contributed by atoms with van der Waals surface area (Å²) in [6.07, 6.45) is 3.75. The summed E-state index contributed by atoms with van der Waals surface area (Å²) in [5, 5.41) is 6.94. The molecule has 0 saturated carbocycles. The SMILES string of the molecule is CCCCCNC(=NC)NCC(C(C)C)N1CCN(C)CC1. The van der Waals surface area contributed by atoms with Gasteiger partial charge >= 0.3 is 0 Å². The second-order valence-corrected chi connectivity index (χ2v) is 6.74. The molecule has 1 heterocycles. The maximum absolute atomic E-state index is 4.34. The standard InChI is InChI=1S/C17H37N5/c1-6-7-8-9-19-17(18-4)20-14-16(15(2)3)22-12-10-21(5)11-13-22/h15-16H,6-14H2,1-5H3,(H2,18,19,20). The van der Waals surface area contributed by atoms with E-state index in [9.17, 15) is 0 Å². The van der Waals surface area contributed by atoms with Crippen LogP contribution in [0.5, 0.6) is 0 Å². The molecule has 5 heteroatoms. The molecule has 0 radical (unpaired) electrons. The Balaban J connectivity index is 2.39. The van der Waals surface area contributed by atoms with Gasteiger partial charge in [0.1, 0.15) is 0 Å². The summed E-state index contributed by atoms with van der Waals surface area (Å²) in [4.78, 5) is 9.38. The Morgan fingerprint density at radius 3 is 2.32 bits per heavy atom. The van der Waals surface area contributed by atoms with Crippen molar-refractivity contribution in [3.8, 4) is 0 Å². The van der Waals surface area contributed by atoms with Crippen LogP contribution in [0.3, 0.4) is 0 Å². The molecule has 2 N–H and O–H groups in total. The van der Waals surface area contributed by atoms with E-state index in [0.717, 1.165) is 19.0 Å². The van der Waals surface area contributed by atoms with Crippen LogP contribution < -0.4 is 10.6 Å². The predicted molar refractivity (Wildman–Crippen MR) is 96.6 cm³/mol. The van der Waals surface area contributed by atoms with Crippen molar-refractivity contribution < 1.29 is 0 Å². The number of piperazine rings is 1. The van der Waals surface area contributed by atoms with Crippen molar-refractivity contribution in [3.05, 3.63) is 0 Å². The second kappa shape index (κ2) is 10.8. The van der Waals surface area contributed by atoms with Crippen LogP contribution >= 0.6 is 0 Å².